The molecule has 1 aromatic carbocycles. The van der Waals surface area contributed by atoms with Gasteiger partial charge < -0.3 is 4.42 Å². The first kappa shape index (κ1) is 15.2. The highest BCUT2D eigenvalue weighted by atomic mass is 19.1. The lowest BCUT2D eigenvalue weighted by Gasteiger charge is -2.16. The van der Waals surface area contributed by atoms with E-state index in [9.17, 15) is 9.18 Å². The Morgan fingerprint density at radius 2 is 2.10 bits per heavy atom. The van der Waals surface area contributed by atoms with Crippen molar-refractivity contribution in [2.75, 3.05) is 7.05 Å². The number of furan rings is 1. The largest absolute Gasteiger partial charge is 0.465 e. The number of hydrogen-bond acceptors (Lipinski definition) is 4. The molecule has 0 fully saturated rings. The molecule has 2 aromatic rings. The molecule has 0 unspecified atom stereocenters. The van der Waals surface area contributed by atoms with E-state index in [0.29, 0.717) is 24.2 Å². The van der Waals surface area contributed by atoms with Crippen LogP contribution in [0.4, 0.5) is 4.39 Å². The molecule has 21 heavy (non-hydrogen) atoms. The Bertz CT molecular complexity index is 640. The van der Waals surface area contributed by atoms with Crippen LogP contribution in [0.15, 0.2) is 34.7 Å². The molecule has 0 aliphatic heterocycles. The first-order chi connectivity index (χ1) is 9.99. The van der Waals surface area contributed by atoms with Gasteiger partial charge in [-0.15, -0.1) is 0 Å². The maximum atomic E-state index is 13.8. The summed E-state index contributed by atoms with van der Waals surface area (Å²) in [5, 5.41) is 0. The number of nitrogens with zero attached hydrogens (tertiary/aromatic N) is 1. The van der Waals surface area contributed by atoms with Crippen LogP contribution in [0.3, 0.4) is 0 Å². The summed E-state index contributed by atoms with van der Waals surface area (Å²) in [6, 6.07) is 7.94. The summed E-state index contributed by atoms with van der Waals surface area (Å²) in [6.45, 7) is 2.79. The van der Waals surface area contributed by atoms with Gasteiger partial charge in [-0.2, -0.15) is 0 Å². The molecule has 0 bridgehead atoms. The van der Waals surface area contributed by atoms with Crippen LogP contribution in [0.2, 0.25) is 0 Å². The number of aryl methyl sites for hydroxylation is 1. The highest BCUT2D eigenvalue weighted by Gasteiger charge is 2.11. The minimum absolute atomic E-state index is 0.330. The molecule has 1 aromatic heterocycles. The fourth-order valence-electron chi connectivity index (χ4n) is 2.10. The standard InChI is InChI=1S/C15H18FN3O2/c1-10-3-5-13(21-10)9-19(2)8-12-7-11(15(20)18-17)4-6-14(12)16/h3-7H,8-9,17H2,1-2H3,(H,18,20). The minimum Gasteiger partial charge on any atom is -0.465 e. The van der Waals surface area contributed by atoms with Crippen molar-refractivity contribution in [2.24, 2.45) is 5.84 Å². The van der Waals surface area contributed by atoms with E-state index in [1.54, 1.807) is 0 Å². The van der Waals surface area contributed by atoms with Gasteiger partial charge in [0.25, 0.3) is 5.91 Å². The average Bonchev–Trinajstić information content (AvgIpc) is 2.85. The molecular weight excluding hydrogens is 273 g/mol. The molecule has 0 saturated heterocycles. The Hall–Kier alpha value is -2.18. The predicted octanol–water partition coefficient (Wildman–Crippen LogP) is 1.96. The lowest BCUT2D eigenvalue weighted by Crippen LogP contribution is -2.30. The summed E-state index contributed by atoms with van der Waals surface area (Å²) in [4.78, 5) is 13.4. The molecule has 0 radical (unpaired) electrons. The summed E-state index contributed by atoms with van der Waals surface area (Å²) in [7, 11) is 1.85. The number of rotatable bonds is 5. The first-order valence-corrected chi connectivity index (χ1v) is 6.53. The number of nitrogen functional groups attached to an aromatic ring is 1. The van der Waals surface area contributed by atoms with Gasteiger partial charge in [0.05, 0.1) is 6.54 Å². The van der Waals surface area contributed by atoms with Crippen LogP contribution in [0.25, 0.3) is 0 Å². The van der Waals surface area contributed by atoms with E-state index < -0.39 is 5.91 Å². The van der Waals surface area contributed by atoms with Gasteiger partial charge in [0.1, 0.15) is 17.3 Å². The SMILES string of the molecule is Cc1ccc(CN(C)Cc2cc(C(=O)NN)ccc2F)o1. The van der Waals surface area contributed by atoms with Crippen molar-refractivity contribution in [1.29, 1.82) is 0 Å². The van der Waals surface area contributed by atoms with Gasteiger partial charge in [-0.25, -0.2) is 10.2 Å². The van der Waals surface area contributed by atoms with Crippen LogP contribution in [-0.4, -0.2) is 17.9 Å². The molecular formula is C15H18FN3O2. The van der Waals surface area contributed by atoms with Gasteiger partial charge in [-0.1, -0.05) is 0 Å². The number of nitrogens with two attached hydrogens (primary N) is 1. The molecule has 1 amide bonds. The molecule has 3 N–H and O–H groups in total. The lowest BCUT2D eigenvalue weighted by atomic mass is 10.1. The highest BCUT2D eigenvalue weighted by molar-refractivity contribution is 5.93. The van der Waals surface area contributed by atoms with Crippen LogP contribution < -0.4 is 11.3 Å². The Labute approximate surface area is 122 Å². The molecule has 1 heterocycles. The molecule has 0 spiro atoms. The Morgan fingerprint density at radius 3 is 2.71 bits per heavy atom. The van der Waals surface area contributed by atoms with Gasteiger partial charge in [-0.05, 0) is 44.3 Å². The van der Waals surface area contributed by atoms with E-state index in [4.69, 9.17) is 10.3 Å². The number of carbonyl (C=O) groups excluding carboxylic acids is 1. The van der Waals surface area contributed by atoms with Crippen LogP contribution >= 0.6 is 0 Å². The monoisotopic (exact) mass is 291 g/mol. The zero-order valence-corrected chi connectivity index (χ0v) is 12.0. The molecule has 0 saturated carbocycles. The van der Waals surface area contributed by atoms with Crippen molar-refractivity contribution in [3.05, 3.63) is 58.8 Å². The number of hydrazine groups is 1. The van der Waals surface area contributed by atoms with E-state index >= 15 is 0 Å². The van der Waals surface area contributed by atoms with Crippen molar-refractivity contribution < 1.29 is 13.6 Å². The van der Waals surface area contributed by atoms with Crippen molar-refractivity contribution in [1.82, 2.24) is 10.3 Å². The second kappa shape index (κ2) is 6.51. The van der Waals surface area contributed by atoms with E-state index in [0.717, 1.165) is 11.5 Å². The zero-order chi connectivity index (χ0) is 15.4. The fraction of sp³-hybridized carbons (Fsp3) is 0.267. The van der Waals surface area contributed by atoms with Gasteiger partial charge in [-0.3, -0.25) is 15.1 Å². The summed E-state index contributed by atoms with van der Waals surface area (Å²) < 4.78 is 19.3. The average molecular weight is 291 g/mol. The highest BCUT2D eigenvalue weighted by Crippen LogP contribution is 2.15. The van der Waals surface area contributed by atoms with Crippen LogP contribution in [0.1, 0.15) is 27.4 Å². The van der Waals surface area contributed by atoms with Crippen molar-refractivity contribution in [3.8, 4) is 0 Å². The number of carbonyl (C=O) groups is 1. The molecule has 0 atom stereocenters. The van der Waals surface area contributed by atoms with Gasteiger partial charge in [0.15, 0.2) is 0 Å². The summed E-state index contributed by atoms with van der Waals surface area (Å²) in [6.07, 6.45) is 0. The van der Waals surface area contributed by atoms with Crippen molar-refractivity contribution >= 4 is 5.91 Å². The Kier molecular flexibility index (Phi) is 4.72. The van der Waals surface area contributed by atoms with Crippen molar-refractivity contribution in [3.63, 3.8) is 0 Å². The van der Waals surface area contributed by atoms with E-state index in [-0.39, 0.29) is 5.82 Å². The maximum absolute atomic E-state index is 13.8. The van der Waals surface area contributed by atoms with Gasteiger partial charge >= 0.3 is 0 Å². The number of amides is 1. The van der Waals surface area contributed by atoms with Gasteiger partial charge in [0.2, 0.25) is 0 Å². The molecule has 112 valence electrons. The van der Waals surface area contributed by atoms with E-state index in [1.165, 1.54) is 18.2 Å². The topological polar surface area (TPSA) is 71.5 Å². The summed E-state index contributed by atoms with van der Waals surface area (Å²) >= 11 is 0. The molecule has 6 heteroatoms. The third-order valence-corrected chi connectivity index (χ3v) is 3.10. The minimum atomic E-state index is -0.444. The van der Waals surface area contributed by atoms with E-state index in [2.05, 4.69) is 0 Å². The van der Waals surface area contributed by atoms with Crippen molar-refractivity contribution in [2.45, 2.75) is 20.0 Å². The van der Waals surface area contributed by atoms with E-state index in [1.807, 2.05) is 36.4 Å². The fourth-order valence-corrected chi connectivity index (χ4v) is 2.10. The molecule has 0 aliphatic carbocycles. The second-order valence-electron chi connectivity index (χ2n) is 4.96. The van der Waals surface area contributed by atoms with Gasteiger partial charge in [0, 0.05) is 17.7 Å². The predicted molar refractivity (Wildman–Crippen MR) is 76.7 cm³/mol. The molecule has 2 rings (SSSR count). The third-order valence-electron chi connectivity index (χ3n) is 3.10. The second-order valence-corrected chi connectivity index (χ2v) is 4.96. The quantitative estimate of drug-likeness (QED) is 0.502. The van der Waals surface area contributed by atoms with Crippen LogP contribution in [-0.2, 0) is 13.1 Å². The normalized spacial score (nSPS) is 10.9. The number of hydrogen-bond donors (Lipinski definition) is 2. The number of benzene rings is 1. The number of halogens is 1. The smallest absolute Gasteiger partial charge is 0.265 e. The lowest BCUT2D eigenvalue weighted by molar-refractivity contribution is 0.0953. The summed E-state index contributed by atoms with van der Waals surface area (Å²) in [5.41, 5.74) is 2.80. The number of nitrogens with one attached hydrogen (secondary N) is 1. The maximum Gasteiger partial charge on any atom is 0.265 e. The van der Waals surface area contributed by atoms with Crippen LogP contribution in [0.5, 0.6) is 0 Å². The Morgan fingerprint density at radius 1 is 1.33 bits per heavy atom. The Balaban J connectivity index is 2.09. The third kappa shape index (κ3) is 3.90. The molecule has 0 aliphatic rings. The summed E-state index contributed by atoms with van der Waals surface area (Å²) in [5.74, 6) is 5.93. The first-order valence-electron chi connectivity index (χ1n) is 6.53. The molecule has 5 nitrogen and oxygen atoms in total. The van der Waals surface area contributed by atoms with Crippen LogP contribution in [0, 0.1) is 12.7 Å². The zero-order valence-electron chi connectivity index (χ0n) is 12.0.